The van der Waals surface area contributed by atoms with Gasteiger partial charge in [-0.15, -0.1) is 0 Å². The lowest BCUT2D eigenvalue weighted by atomic mass is 9.89. The second kappa shape index (κ2) is 10.4. The van der Waals surface area contributed by atoms with Gasteiger partial charge in [0.2, 0.25) is 5.91 Å². The molecular formula is C26H39N3O3. The Morgan fingerprint density at radius 1 is 0.812 bits per heavy atom. The maximum absolute atomic E-state index is 13.3. The first-order chi connectivity index (χ1) is 15.8. The quantitative estimate of drug-likeness (QED) is 0.697. The topological polar surface area (TPSA) is 45.3 Å². The highest BCUT2D eigenvalue weighted by molar-refractivity contribution is 5.79. The molecule has 0 spiro atoms. The summed E-state index contributed by atoms with van der Waals surface area (Å²) in [6, 6.07) is 6.35. The predicted octanol–water partition coefficient (Wildman–Crippen LogP) is 3.71. The molecule has 32 heavy (non-hydrogen) atoms. The SMILES string of the molecule is O=C(CN1CCCN(CC2CCCCC2)CC1)N1CCCC1c1ccc2c(c1)OCCO2. The van der Waals surface area contributed by atoms with E-state index >= 15 is 0 Å². The van der Waals surface area contributed by atoms with E-state index in [9.17, 15) is 4.79 Å². The number of hydrogen-bond acceptors (Lipinski definition) is 5. The average Bonchev–Trinajstić information content (AvgIpc) is 3.23. The third kappa shape index (κ3) is 5.23. The molecule has 1 saturated carbocycles. The van der Waals surface area contributed by atoms with E-state index in [1.165, 1.54) is 57.2 Å². The van der Waals surface area contributed by atoms with Crippen LogP contribution >= 0.6 is 0 Å². The largest absolute Gasteiger partial charge is 0.486 e. The Kier molecular flexibility index (Phi) is 7.18. The van der Waals surface area contributed by atoms with Gasteiger partial charge in [-0.2, -0.15) is 0 Å². The summed E-state index contributed by atoms with van der Waals surface area (Å²) in [5, 5.41) is 0. The number of nitrogens with zero attached hydrogens (tertiary/aromatic N) is 3. The Hall–Kier alpha value is -1.79. The summed E-state index contributed by atoms with van der Waals surface area (Å²) in [6.45, 7) is 8.22. The Labute approximate surface area is 192 Å². The van der Waals surface area contributed by atoms with Crippen molar-refractivity contribution < 1.29 is 14.3 Å². The molecule has 1 amide bonds. The Morgan fingerprint density at radius 3 is 2.47 bits per heavy atom. The summed E-state index contributed by atoms with van der Waals surface area (Å²) in [6.07, 6.45) is 10.4. The van der Waals surface area contributed by atoms with Crippen LogP contribution in [0.3, 0.4) is 0 Å². The van der Waals surface area contributed by atoms with Crippen LogP contribution in [0, 0.1) is 5.92 Å². The smallest absolute Gasteiger partial charge is 0.237 e. The molecular weight excluding hydrogens is 402 g/mol. The number of fused-ring (bicyclic) bond motifs is 1. The van der Waals surface area contributed by atoms with E-state index in [2.05, 4.69) is 26.8 Å². The zero-order valence-corrected chi connectivity index (χ0v) is 19.5. The van der Waals surface area contributed by atoms with Crippen molar-refractivity contribution in [3.05, 3.63) is 23.8 Å². The highest BCUT2D eigenvalue weighted by Crippen LogP contribution is 2.38. The van der Waals surface area contributed by atoms with Gasteiger partial charge in [0.1, 0.15) is 13.2 Å². The molecule has 3 heterocycles. The molecule has 4 aliphatic rings. The van der Waals surface area contributed by atoms with Crippen LogP contribution in [0.5, 0.6) is 11.5 Å². The highest BCUT2D eigenvalue weighted by atomic mass is 16.6. The van der Waals surface area contributed by atoms with Crippen molar-refractivity contribution in [2.24, 2.45) is 5.92 Å². The van der Waals surface area contributed by atoms with Gasteiger partial charge in [-0.05, 0) is 68.8 Å². The fraction of sp³-hybridized carbons (Fsp3) is 0.731. The minimum Gasteiger partial charge on any atom is -0.486 e. The predicted molar refractivity (Wildman–Crippen MR) is 125 cm³/mol. The van der Waals surface area contributed by atoms with E-state index in [1.807, 2.05) is 6.07 Å². The second-order valence-corrected chi connectivity index (χ2v) is 10.1. The van der Waals surface area contributed by atoms with Crippen LogP contribution in [0.15, 0.2) is 18.2 Å². The number of carbonyl (C=O) groups is 1. The highest BCUT2D eigenvalue weighted by Gasteiger charge is 2.32. The summed E-state index contributed by atoms with van der Waals surface area (Å²) in [5.74, 6) is 2.81. The van der Waals surface area contributed by atoms with E-state index in [1.54, 1.807) is 0 Å². The number of ether oxygens (including phenoxy) is 2. The van der Waals surface area contributed by atoms with E-state index in [4.69, 9.17) is 9.47 Å². The summed E-state index contributed by atoms with van der Waals surface area (Å²) >= 11 is 0. The van der Waals surface area contributed by atoms with Crippen LogP contribution in [0.25, 0.3) is 0 Å². The molecule has 1 aromatic rings. The number of carbonyl (C=O) groups excluding carboxylic acids is 1. The fourth-order valence-corrected chi connectivity index (χ4v) is 6.06. The number of likely N-dealkylation sites (tertiary alicyclic amines) is 1. The summed E-state index contributed by atoms with van der Waals surface area (Å²) in [5.41, 5.74) is 1.18. The Morgan fingerprint density at radius 2 is 1.59 bits per heavy atom. The van der Waals surface area contributed by atoms with Gasteiger partial charge in [0.15, 0.2) is 11.5 Å². The molecule has 1 aromatic carbocycles. The van der Waals surface area contributed by atoms with Crippen molar-refractivity contribution in [2.75, 3.05) is 59.0 Å². The zero-order valence-electron chi connectivity index (χ0n) is 19.5. The van der Waals surface area contributed by atoms with Crippen LogP contribution in [-0.4, -0.2) is 79.6 Å². The van der Waals surface area contributed by atoms with Crippen LogP contribution in [-0.2, 0) is 4.79 Å². The first-order valence-electron chi connectivity index (χ1n) is 12.9. The molecule has 6 heteroatoms. The molecule has 176 valence electrons. The molecule has 3 fully saturated rings. The minimum atomic E-state index is 0.160. The van der Waals surface area contributed by atoms with Gasteiger partial charge in [0.25, 0.3) is 0 Å². The molecule has 0 radical (unpaired) electrons. The second-order valence-electron chi connectivity index (χ2n) is 10.1. The molecule has 6 nitrogen and oxygen atoms in total. The van der Waals surface area contributed by atoms with Gasteiger partial charge >= 0.3 is 0 Å². The molecule has 0 aromatic heterocycles. The average molecular weight is 442 g/mol. The van der Waals surface area contributed by atoms with Crippen molar-refractivity contribution in [3.8, 4) is 11.5 Å². The lowest BCUT2D eigenvalue weighted by molar-refractivity contribution is -0.133. The number of amides is 1. The maximum atomic E-state index is 13.3. The van der Waals surface area contributed by atoms with Gasteiger partial charge < -0.3 is 19.3 Å². The molecule has 1 aliphatic carbocycles. The zero-order chi connectivity index (χ0) is 21.8. The molecule has 0 bridgehead atoms. The van der Waals surface area contributed by atoms with Crippen molar-refractivity contribution in [3.63, 3.8) is 0 Å². The van der Waals surface area contributed by atoms with E-state index in [0.29, 0.717) is 19.8 Å². The van der Waals surface area contributed by atoms with Crippen molar-refractivity contribution in [1.29, 1.82) is 0 Å². The first kappa shape index (κ1) is 22.0. The number of rotatable bonds is 5. The van der Waals surface area contributed by atoms with E-state index in [0.717, 1.165) is 56.4 Å². The third-order valence-corrected chi connectivity index (χ3v) is 7.81. The van der Waals surface area contributed by atoms with Gasteiger partial charge in [-0.1, -0.05) is 25.3 Å². The van der Waals surface area contributed by atoms with Crippen molar-refractivity contribution in [1.82, 2.24) is 14.7 Å². The van der Waals surface area contributed by atoms with Crippen LogP contribution in [0.2, 0.25) is 0 Å². The van der Waals surface area contributed by atoms with Gasteiger partial charge in [-0.25, -0.2) is 0 Å². The van der Waals surface area contributed by atoms with Gasteiger partial charge in [-0.3, -0.25) is 9.69 Å². The Bertz CT molecular complexity index is 780. The first-order valence-corrected chi connectivity index (χ1v) is 12.9. The van der Waals surface area contributed by atoms with E-state index < -0.39 is 0 Å². The monoisotopic (exact) mass is 441 g/mol. The van der Waals surface area contributed by atoms with Gasteiger partial charge in [0.05, 0.1) is 12.6 Å². The minimum absolute atomic E-state index is 0.160. The molecule has 3 aliphatic heterocycles. The molecule has 0 N–H and O–H groups in total. The summed E-state index contributed by atoms with van der Waals surface area (Å²) < 4.78 is 11.4. The van der Waals surface area contributed by atoms with Crippen molar-refractivity contribution in [2.45, 2.75) is 57.4 Å². The van der Waals surface area contributed by atoms with Crippen LogP contribution in [0.4, 0.5) is 0 Å². The number of benzene rings is 1. The maximum Gasteiger partial charge on any atom is 0.237 e. The lowest BCUT2D eigenvalue weighted by Gasteiger charge is -2.30. The standard InChI is InChI=1S/C26H39N3O3/c30-26(20-28-12-5-11-27(14-15-28)19-21-6-2-1-3-7-21)29-13-4-8-23(29)22-9-10-24-25(18-22)32-17-16-31-24/h9-10,18,21,23H,1-8,11-17,19-20H2. The normalized spacial score (nSPS) is 25.6. The Balaban J connectivity index is 1.15. The van der Waals surface area contributed by atoms with Crippen LogP contribution in [0.1, 0.15) is 63.0 Å². The summed E-state index contributed by atoms with van der Waals surface area (Å²) in [7, 11) is 0. The number of hydrogen-bond donors (Lipinski definition) is 0. The van der Waals surface area contributed by atoms with Crippen LogP contribution < -0.4 is 9.47 Å². The van der Waals surface area contributed by atoms with Crippen molar-refractivity contribution >= 4 is 5.91 Å². The molecule has 2 saturated heterocycles. The van der Waals surface area contributed by atoms with Gasteiger partial charge in [0, 0.05) is 26.2 Å². The molecule has 1 atom stereocenters. The van der Waals surface area contributed by atoms with E-state index in [-0.39, 0.29) is 11.9 Å². The fourth-order valence-electron chi connectivity index (χ4n) is 6.06. The molecule has 1 unspecified atom stereocenters. The lowest BCUT2D eigenvalue weighted by Crippen LogP contribution is -2.41. The third-order valence-electron chi connectivity index (χ3n) is 7.81. The summed E-state index contributed by atoms with van der Waals surface area (Å²) in [4.78, 5) is 20.5. The molecule has 5 rings (SSSR count).